The summed E-state index contributed by atoms with van der Waals surface area (Å²) in [5.74, 6) is 0.912. The number of halogens is 1. The SMILES string of the molecule is O=C1NCC2CC(c3ccc(OCc4ccccc4F)cc3)N(Cc3ccccc3)C12. The lowest BCUT2D eigenvalue weighted by molar-refractivity contribution is -0.124. The lowest BCUT2D eigenvalue weighted by Crippen LogP contribution is -2.39. The smallest absolute Gasteiger partial charge is 0.237 e. The Labute approximate surface area is 181 Å². The zero-order valence-electron chi connectivity index (χ0n) is 17.2. The van der Waals surface area contributed by atoms with E-state index in [1.165, 1.54) is 17.2 Å². The molecule has 1 amide bonds. The molecule has 3 unspecified atom stereocenters. The molecule has 0 aromatic heterocycles. The van der Waals surface area contributed by atoms with Gasteiger partial charge in [-0.25, -0.2) is 4.39 Å². The predicted molar refractivity (Wildman–Crippen MR) is 117 cm³/mol. The highest BCUT2D eigenvalue weighted by molar-refractivity contribution is 5.85. The van der Waals surface area contributed by atoms with Gasteiger partial charge in [-0.2, -0.15) is 0 Å². The number of ether oxygens (including phenoxy) is 1. The molecule has 2 saturated heterocycles. The number of nitrogens with one attached hydrogen (secondary N) is 1. The van der Waals surface area contributed by atoms with Gasteiger partial charge >= 0.3 is 0 Å². The van der Waals surface area contributed by atoms with Crippen LogP contribution in [0.2, 0.25) is 0 Å². The van der Waals surface area contributed by atoms with E-state index < -0.39 is 0 Å². The van der Waals surface area contributed by atoms with Crippen molar-refractivity contribution in [3.05, 3.63) is 101 Å². The minimum Gasteiger partial charge on any atom is -0.489 e. The molecule has 5 rings (SSSR count). The van der Waals surface area contributed by atoms with Crippen molar-refractivity contribution in [2.75, 3.05) is 6.54 Å². The number of rotatable bonds is 6. The Hall–Kier alpha value is -3.18. The van der Waals surface area contributed by atoms with E-state index in [1.54, 1.807) is 18.2 Å². The van der Waals surface area contributed by atoms with Crippen LogP contribution in [-0.4, -0.2) is 23.4 Å². The first kappa shape index (κ1) is 19.8. The van der Waals surface area contributed by atoms with Gasteiger partial charge in [0.15, 0.2) is 0 Å². The lowest BCUT2D eigenvalue weighted by Gasteiger charge is -2.29. The zero-order valence-corrected chi connectivity index (χ0v) is 17.2. The summed E-state index contributed by atoms with van der Waals surface area (Å²) < 4.78 is 19.6. The van der Waals surface area contributed by atoms with Crippen molar-refractivity contribution in [3.63, 3.8) is 0 Å². The molecule has 2 aliphatic rings. The second-order valence-corrected chi connectivity index (χ2v) is 8.31. The molecule has 3 aromatic rings. The zero-order chi connectivity index (χ0) is 21.2. The number of hydrogen-bond acceptors (Lipinski definition) is 3. The molecule has 2 heterocycles. The molecule has 0 radical (unpaired) electrons. The first-order valence-electron chi connectivity index (χ1n) is 10.7. The van der Waals surface area contributed by atoms with Gasteiger partial charge in [-0.15, -0.1) is 0 Å². The number of carbonyl (C=O) groups excluding carboxylic acids is 1. The van der Waals surface area contributed by atoms with Gasteiger partial charge in [0.05, 0.1) is 6.04 Å². The van der Waals surface area contributed by atoms with E-state index in [9.17, 15) is 9.18 Å². The second-order valence-electron chi connectivity index (χ2n) is 8.31. The molecule has 1 N–H and O–H groups in total. The third-order valence-corrected chi connectivity index (χ3v) is 6.36. The number of fused-ring (bicyclic) bond motifs is 1. The van der Waals surface area contributed by atoms with E-state index in [-0.39, 0.29) is 30.4 Å². The van der Waals surface area contributed by atoms with E-state index in [0.29, 0.717) is 17.2 Å². The van der Waals surface area contributed by atoms with Crippen LogP contribution in [0.25, 0.3) is 0 Å². The van der Waals surface area contributed by atoms with Crippen LogP contribution in [0.4, 0.5) is 4.39 Å². The largest absolute Gasteiger partial charge is 0.489 e. The molecule has 0 aliphatic carbocycles. The Bertz CT molecular complexity index is 1050. The average molecular weight is 416 g/mol. The molecular formula is C26H25FN2O2. The van der Waals surface area contributed by atoms with Crippen molar-refractivity contribution in [1.82, 2.24) is 10.2 Å². The van der Waals surface area contributed by atoms with Crippen LogP contribution in [0, 0.1) is 11.7 Å². The fourth-order valence-electron chi connectivity index (χ4n) is 4.80. The van der Waals surface area contributed by atoms with Gasteiger partial charge in [0.1, 0.15) is 18.2 Å². The van der Waals surface area contributed by atoms with Crippen molar-refractivity contribution >= 4 is 5.91 Å². The summed E-state index contributed by atoms with van der Waals surface area (Å²) in [5, 5.41) is 3.02. The number of hydrogen-bond donors (Lipinski definition) is 1. The molecule has 3 aromatic carbocycles. The normalized spacial score (nSPS) is 22.9. The summed E-state index contributed by atoms with van der Waals surface area (Å²) >= 11 is 0. The summed E-state index contributed by atoms with van der Waals surface area (Å²) in [6.45, 7) is 1.68. The quantitative estimate of drug-likeness (QED) is 0.645. The number of nitrogens with zero attached hydrogens (tertiary/aromatic N) is 1. The van der Waals surface area contributed by atoms with Gasteiger partial charge < -0.3 is 10.1 Å². The van der Waals surface area contributed by atoms with Gasteiger partial charge in [-0.3, -0.25) is 9.69 Å². The Kier molecular flexibility index (Phi) is 5.43. The highest BCUT2D eigenvalue weighted by atomic mass is 19.1. The van der Waals surface area contributed by atoms with Crippen LogP contribution in [-0.2, 0) is 17.9 Å². The Morgan fingerprint density at radius 2 is 1.71 bits per heavy atom. The molecule has 0 saturated carbocycles. The average Bonchev–Trinajstić information content (AvgIpc) is 3.34. The van der Waals surface area contributed by atoms with Crippen LogP contribution in [0.5, 0.6) is 5.75 Å². The minimum absolute atomic E-state index is 0.0813. The molecular weight excluding hydrogens is 391 g/mol. The highest BCUT2D eigenvalue weighted by Crippen LogP contribution is 2.43. The lowest BCUT2D eigenvalue weighted by atomic mass is 9.98. The molecule has 2 fully saturated rings. The van der Waals surface area contributed by atoms with E-state index >= 15 is 0 Å². The fraction of sp³-hybridized carbons (Fsp3) is 0.269. The number of benzene rings is 3. The highest BCUT2D eigenvalue weighted by Gasteiger charge is 2.48. The van der Waals surface area contributed by atoms with Gasteiger partial charge in [0.25, 0.3) is 0 Å². The van der Waals surface area contributed by atoms with Crippen LogP contribution in [0.1, 0.15) is 29.2 Å². The summed E-state index contributed by atoms with van der Waals surface area (Å²) in [5.41, 5.74) is 2.92. The van der Waals surface area contributed by atoms with E-state index in [2.05, 4.69) is 34.5 Å². The van der Waals surface area contributed by atoms with Crippen LogP contribution in [0.3, 0.4) is 0 Å². The van der Waals surface area contributed by atoms with Gasteiger partial charge in [0, 0.05) is 30.6 Å². The van der Waals surface area contributed by atoms with Gasteiger partial charge in [-0.05, 0) is 35.7 Å². The molecule has 2 aliphatic heterocycles. The molecule has 31 heavy (non-hydrogen) atoms. The van der Waals surface area contributed by atoms with Gasteiger partial charge in [0.2, 0.25) is 5.91 Å². The van der Waals surface area contributed by atoms with Crippen molar-refractivity contribution in [2.24, 2.45) is 5.92 Å². The maximum atomic E-state index is 13.8. The third kappa shape index (κ3) is 4.06. The molecule has 0 bridgehead atoms. The molecule has 0 spiro atoms. The molecule has 158 valence electrons. The number of amides is 1. The second kappa shape index (κ2) is 8.52. The van der Waals surface area contributed by atoms with Crippen molar-refractivity contribution in [3.8, 4) is 5.75 Å². The Balaban J connectivity index is 1.33. The summed E-state index contributed by atoms with van der Waals surface area (Å²) in [6, 6.07) is 25.1. The van der Waals surface area contributed by atoms with E-state index in [0.717, 1.165) is 19.5 Å². The number of carbonyl (C=O) groups is 1. The van der Waals surface area contributed by atoms with Crippen molar-refractivity contribution in [1.29, 1.82) is 0 Å². The van der Waals surface area contributed by atoms with Crippen LogP contribution >= 0.6 is 0 Å². The topological polar surface area (TPSA) is 41.6 Å². The van der Waals surface area contributed by atoms with Crippen molar-refractivity contribution < 1.29 is 13.9 Å². The third-order valence-electron chi connectivity index (χ3n) is 6.36. The summed E-state index contributed by atoms with van der Waals surface area (Å²) in [6.07, 6.45) is 0.950. The van der Waals surface area contributed by atoms with Crippen LogP contribution < -0.4 is 10.1 Å². The number of likely N-dealkylation sites (tertiary alicyclic amines) is 1. The Morgan fingerprint density at radius 1 is 0.968 bits per heavy atom. The molecule has 4 nitrogen and oxygen atoms in total. The molecule has 5 heteroatoms. The molecule has 3 atom stereocenters. The summed E-state index contributed by atoms with van der Waals surface area (Å²) in [7, 11) is 0. The predicted octanol–water partition coefficient (Wildman–Crippen LogP) is 4.47. The first-order valence-corrected chi connectivity index (χ1v) is 10.7. The van der Waals surface area contributed by atoms with E-state index in [1.807, 2.05) is 30.3 Å². The standard InChI is InChI=1S/C26H25FN2O2/c27-23-9-5-4-8-20(23)17-31-22-12-10-19(11-13-22)24-14-21-15-28-26(30)25(21)29(24)16-18-6-2-1-3-7-18/h1-13,21,24-25H,14-17H2,(H,28,30). The monoisotopic (exact) mass is 416 g/mol. The van der Waals surface area contributed by atoms with E-state index in [4.69, 9.17) is 4.74 Å². The minimum atomic E-state index is -0.258. The van der Waals surface area contributed by atoms with Gasteiger partial charge in [-0.1, -0.05) is 60.7 Å². The first-order chi connectivity index (χ1) is 15.2. The van der Waals surface area contributed by atoms with Crippen LogP contribution in [0.15, 0.2) is 78.9 Å². The summed E-state index contributed by atoms with van der Waals surface area (Å²) in [4.78, 5) is 14.9. The van der Waals surface area contributed by atoms with Crippen molar-refractivity contribution in [2.45, 2.75) is 31.7 Å². The Morgan fingerprint density at radius 3 is 2.48 bits per heavy atom. The fourth-order valence-corrected chi connectivity index (χ4v) is 4.80. The maximum absolute atomic E-state index is 13.8. The maximum Gasteiger partial charge on any atom is 0.237 e.